The van der Waals surface area contributed by atoms with Crippen LogP contribution in [0.15, 0.2) is 4.99 Å². The van der Waals surface area contributed by atoms with Crippen molar-refractivity contribution in [3.8, 4) is 0 Å². The summed E-state index contributed by atoms with van der Waals surface area (Å²) in [5.41, 5.74) is 0. The highest BCUT2D eigenvalue weighted by Crippen LogP contribution is 2.16. The van der Waals surface area contributed by atoms with Crippen molar-refractivity contribution in [2.75, 3.05) is 20.3 Å². The van der Waals surface area contributed by atoms with Crippen LogP contribution in [0.1, 0.15) is 12.8 Å². The molecule has 2 atom stereocenters. The molecule has 1 saturated heterocycles. The van der Waals surface area contributed by atoms with Crippen LogP contribution in [-0.4, -0.2) is 37.7 Å². The van der Waals surface area contributed by atoms with Gasteiger partial charge in [-0.25, -0.2) is 0 Å². The Hall–Kier alpha value is -0.410. The van der Waals surface area contributed by atoms with E-state index in [1.807, 2.05) is 6.21 Å². The molecule has 64 valence electrons. The summed E-state index contributed by atoms with van der Waals surface area (Å²) in [6.45, 7) is 0.860. The average Bonchev–Trinajstić information content (AvgIpc) is 2.07. The van der Waals surface area contributed by atoms with Gasteiger partial charge in [-0.05, 0) is 12.8 Å². The lowest BCUT2D eigenvalue weighted by Gasteiger charge is -2.25. The number of ether oxygens (including phenoxy) is 1. The van der Waals surface area contributed by atoms with Gasteiger partial charge in [0.1, 0.15) is 0 Å². The molecule has 1 rings (SSSR count). The first-order chi connectivity index (χ1) is 5.36. The highest BCUT2D eigenvalue weighted by atomic mass is 16.5. The minimum Gasteiger partial charge on any atom is -0.394 e. The number of aliphatic hydroxyl groups excluding tert-OH is 1. The van der Waals surface area contributed by atoms with Crippen molar-refractivity contribution in [3.05, 3.63) is 0 Å². The van der Waals surface area contributed by atoms with Crippen LogP contribution in [0.3, 0.4) is 0 Å². The summed E-state index contributed by atoms with van der Waals surface area (Å²) in [5, 5.41) is 8.75. The zero-order valence-electron chi connectivity index (χ0n) is 6.86. The van der Waals surface area contributed by atoms with E-state index in [-0.39, 0.29) is 12.7 Å². The van der Waals surface area contributed by atoms with Crippen LogP contribution in [0.25, 0.3) is 0 Å². The third-order valence-electron chi connectivity index (χ3n) is 1.97. The lowest BCUT2D eigenvalue weighted by atomic mass is 10.00. The van der Waals surface area contributed by atoms with E-state index in [2.05, 4.69) is 4.99 Å². The third kappa shape index (κ3) is 2.60. The Morgan fingerprint density at radius 3 is 2.91 bits per heavy atom. The molecular weight excluding hydrogens is 142 g/mol. The van der Waals surface area contributed by atoms with Crippen molar-refractivity contribution in [2.24, 2.45) is 10.9 Å². The first kappa shape index (κ1) is 8.68. The molecule has 3 heteroatoms. The zero-order chi connectivity index (χ0) is 8.10. The topological polar surface area (TPSA) is 41.8 Å². The molecule has 0 aliphatic carbocycles. The summed E-state index contributed by atoms with van der Waals surface area (Å²) in [4.78, 5) is 3.94. The van der Waals surface area contributed by atoms with Crippen LogP contribution in [0.5, 0.6) is 0 Å². The van der Waals surface area contributed by atoms with Crippen LogP contribution in [0, 0.1) is 5.92 Å². The quantitative estimate of drug-likeness (QED) is 0.592. The van der Waals surface area contributed by atoms with Crippen LogP contribution in [0.4, 0.5) is 0 Å². The van der Waals surface area contributed by atoms with E-state index in [0.29, 0.717) is 12.5 Å². The van der Waals surface area contributed by atoms with Crippen LogP contribution in [0.2, 0.25) is 0 Å². The van der Waals surface area contributed by atoms with Crippen molar-refractivity contribution >= 4 is 6.21 Å². The Bertz CT molecular complexity index is 128. The monoisotopic (exact) mass is 157 g/mol. The second kappa shape index (κ2) is 4.46. The molecular formula is C8H15NO2. The van der Waals surface area contributed by atoms with Crippen LogP contribution >= 0.6 is 0 Å². The molecule has 0 aromatic rings. The highest BCUT2D eigenvalue weighted by Gasteiger charge is 2.18. The smallest absolute Gasteiger partial charge is 0.0806 e. The van der Waals surface area contributed by atoms with E-state index in [0.717, 1.165) is 12.8 Å². The molecule has 0 saturated carbocycles. The highest BCUT2D eigenvalue weighted by molar-refractivity contribution is 5.60. The standard InChI is InChI=1S/C8H15NO2/c1-9-4-7-2-3-8(5-10)11-6-7/h4,7-8,10H,2-3,5-6H2,1H3/t7?,8-/m0/s1. The molecule has 0 amide bonds. The minimum atomic E-state index is 0.0662. The van der Waals surface area contributed by atoms with Gasteiger partial charge in [-0.15, -0.1) is 0 Å². The van der Waals surface area contributed by atoms with E-state index in [1.54, 1.807) is 7.05 Å². The second-order valence-electron chi connectivity index (χ2n) is 2.88. The van der Waals surface area contributed by atoms with Gasteiger partial charge in [-0.1, -0.05) is 0 Å². The predicted molar refractivity (Wildman–Crippen MR) is 44.0 cm³/mol. The SMILES string of the molecule is CN=CC1CC[C@@H](CO)OC1. The minimum absolute atomic E-state index is 0.0662. The average molecular weight is 157 g/mol. The molecule has 1 unspecified atom stereocenters. The number of aliphatic imine (C=N–C) groups is 1. The summed E-state index contributed by atoms with van der Waals surface area (Å²) in [5.74, 6) is 0.461. The maximum atomic E-state index is 8.75. The third-order valence-corrected chi connectivity index (χ3v) is 1.97. The summed E-state index contributed by atoms with van der Waals surface area (Å²) >= 11 is 0. The van der Waals surface area contributed by atoms with Crippen LogP contribution in [-0.2, 0) is 4.74 Å². The summed E-state index contributed by atoms with van der Waals surface area (Å²) < 4.78 is 5.35. The number of aliphatic hydroxyl groups is 1. The molecule has 0 radical (unpaired) electrons. The Kier molecular flexibility index (Phi) is 3.52. The summed E-state index contributed by atoms with van der Waals surface area (Å²) in [6, 6.07) is 0. The Labute approximate surface area is 67.1 Å². The fraction of sp³-hybridized carbons (Fsp3) is 0.875. The Morgan fingerprint density at radius 1 is 1.64 bits per heavy atom. The van der Waals surface area contributed by atoms with Crippen LogP contribution < -0.4 is 0 Å². The van der Waals surface area contributed by atoms with E-state index < -0.39 is 0 Å². The van der Waals surface area contributed by atoms with Crippen molar-refractivity contribution in [1.29, 1.82) is 0 Å². The van der Waals surface area contributed by atoms with Gasteiger partial charge in [0.25, 0.3) is 0 Å². The van der Waals surface area contributed by atoms with Gasteiger partial charge in [-0.3, -0.25) is 0 Å². The summed E-state index contributed by atoms with van der Waals surface area (Å²) in [6.07, 6.45) is 4.03. The first-order valence-corrected chi connectivity index (χ1v) is 4.01. The molecule has 0 aromatic heterocycles. The number of hydrogen-bond donors (Lipinski definition) is 1. The second-order valence-corrected chi connectivity index (χ2v) is 2.88. The van der Waals surface area contributed by atoms with Gasteiger partial charge >= 0.3 is 0 Å². The van der Waals surface area contributed by atoms with Gasteiger partial charge in [0.05, 0.1) is 19.3 Å². The maximum Gasteiger partial charge on any atom is 0.0806 e. The lowest BCUT2D eigenvalue weighted by molar-refractivity contribution is -0.0286. The van der Waals surface area contributed by atoms with Gasteiger partial charge in [0.15, 0.2) is 0 Å². The van der Waals surface area contributed by atoms with Crippen molar-refractivity contribution in [3.63, 3.8) is 0 Å². The number of hydrogen-bond acceptors (Lipinski definition) is 3. The van der Waals surface area contributed by atoms with Crippen molar-refractivity contribution in [1.82, 2.24) is 0 Å². The molecule has 0 spiro atoms. The normalized spacial score (nSPS) is 32.9. The van der Waals surface area contributed by atoms with Gasteiger partial charge in [-0.2, -0.15) is 0 Å². The number of nitrogens with zero attached hydrogens (tertiary/aromatic N) is 1. The molecule has 3 nitrogen and oxygen atoms in total. The Balaban J connectivity index is 2.24. The fourth-order valence-corrected chi connectivity index (χ4v) is 1.30. The largest absolute Gasteiger partial charge is 0.394 e. The molecule has 1 aliphatic rings. The fourth-order valence-electron chi connectivity index (χ4n) is 1.30. The maximum absolute atomic E-state index is 8.75. The predicted octanol–water partition coefficient (Wildman–Crippen LogP) is 0.474. The number of rotatable bonds is 2. The lowest BCUT2D eigenvalue weighted by Crippen LogP contribution is -2.29. The molecule has 0 aromatic carbocycles. The molecule has 1 heterocycles. The molecule has 1 aliphatic heterocycles. The first-order valence-electron chi connectivity index (χ1n) is 4.01. The Morgan fingerprint density at radius 2 is 2.45 bits per heavy atom. The molecule has 1 fully saturated rings. The van der Waals surface area contributed by atoms with Gasteiger partial charge < -0.3 is 14.8 Å². The molecule has 0 bridgehead atoms. The van der Waals surface area contributed by atoms with Crippen molar-refractivity contribution in [2.45, 2.75) is 18.9 Å². The molecule has 11 heavy (non-hydrogen) atoms. The van der Waals surface area contributed by atoms with Gasteiger partial charge in [0, 0.05) is 19.2 Å². The van der Waals surface area contributed by atoms with Crippen molar-refractivity contribution < 1.29 is 9.84 Å². The van der Waals surface area contributed by atoms with E-state index in [9.17, 15) is 0 Å². The zero-order valence-corrected chi connectivity index (χ0v) is 6.86. The van der Waals surface area contributed by atoms with E-state index in [4.69, 9.17) is 9.84 Å². The van der Waals surface area contributed by atoms with Gasteiger partial charge in [0.2, 0.25) is 0 Å². The van der Waals surface area contributed by atoms with E-state index >= 15 is 0 Å². The van der Waals surface area contributed by atoms with E-state index in [1.165, 1.54) is 0 Å². The molecule has 1 N–H and O–H groups in total. The summed E-state index contributed by atoms with van der Waals surface area (Å²) in [7, 11) is 1.78.